The maximum absolute atomic E-state index is 12.7. The molecule has 0 saturated heterocycles. The quantitative estimate of drug-likeness (QED) is 0.777. The van der Waals surface area contributed by atoms with Crippen molar-refractivity contribution < 1.29 is 18.0 Å². The summed E-state index contributed by atoms with van der Waals surface area (Å²) in [7, 11) is 0. The number of hydrogen-bond donors (Lipinski definition) is 0. The number of carbonyl (C=O) groups is 1. The molecule has 1 aromatic carbocycles. The van der Waals surface area contributed by atoms with Crippen LogP contribution in [0.2, 0.25) is 10.0 Å². The maximum atomic E-state index is 12.7. The number of hydrogen-bond acceptors (Lipinski definition) is 2. The molecule has 0 atom stereocenters. The standard InChI is InChI=1S/C13H10Cl2F3N2O/c1-6(2)10-5-11(21)20(19-10)12-8(14)3-7(4-9(12)15)13(16,17)18/h3-6H,1-2H3. The first-order valence-corrected chi connectivity index (χ1v) is 6.70. The maximum Gasteiger partial charge on any atom is 0.416 e. The van der Waals surface area contributed by atoms with Crippen molar-refractivity contribution in [2.45, 2.75) is 20.0 Å². The molecule has 1 radical (unpaired) electrons. The van der Waals surface area contributed by atoms with Gasteiger partial charge in [0.05, 0.1) is 27.7 Å². The van der Waals surface area contributed by atoms with E-state index in [1.807, 2.05) is 13.8 Å². The Morgan fingerprint density at radius 1 is 1.19 bits per heavy atom. The highest BCUT2D eigenvalue weighted by Crippen LogP contribution is 2.41. The summed E-state index contributed by atoms with van der Waals surface area (Å²) in [5.41, 5.74) is -0.528. The second-order valence-electron chi connectivity index (χ2n) is 4.76. The van der Waals surface area contributed by atoms with Crippen molar-refractivity contribution in [3.8, 4) is 0 Å². The van der Waals surface area contributed by atoms with Gasteiger partial charge in [0, 0.05) is 0 Å². The molecule has 0 spiro atoms. The molecule has 1 aromatic rings. The number of hydrazone groups is 1. The number of carbonyl (C=O) groups excluding carboxylic acids is 1. The fourth-order valence-corrected chi connectivity index (χ4v) is 2.40. The molecule has 0 aromatic heterocycles. The van der Waals surface area contributed by atoms with Crippen molar-refractivity contribution in [2.24, 2.45) is 11.0 Å². The van der Waals surface area contributed by atoms with Crippen molar-refractivity contribution in [1.82, 2.24) is 0 Å². The van der Waals surface area contributed by atoms with Crippen LogP contribution < -0.4 is 5.01 Å². The lowest BCUT2D eigenvalue weighted by Crippen LogP contribution is -2.21. The molecule has 1 heterocycles. The summed E-state index contributed by atoms with van der Waals surface area (Å²) in [5, 5.41) is 4.39. The van der Waals surface area contributed by atoms with Crippen LogP contribution in [0.1, 0.15) is 19.4 Å². The van der Waals surface area contributed by atoms with Crippen molar-refractivity contribution >= 4 is 40.5 Å². The molecular weight excluding hydrogens is 328 g/mol. The Morgan fingerprint density at radius 2 is 1.71 bits per heavy atom. The molecular formula is C13H10Cl2F3N2O. The number of nitrogens with zero attached hydrogens (tertiary/aromatic N) is 2. The highest BCUT2D eigenvalue weighted by molar-refractivity contribution is 6.41. The lowest BCUT2D eigenvalue weighted by atomic mass is 10.1. The van der Waals surface area contributed by atoms with E-state index < -0.39 is 17.6 Å². The van der Waals surface area contributed by atoms with Gasteiger partial charge in [-0.05, 0) is 18.1 Å². The molecule has 0 unspecified atom stereocenters. The Balaban J connectivity index is 2.49. The number of benzene rings is 1. The summed E-state index contributed by atoms with van der Waals surface area (Å²) >= 11 is 11.7. The van der Waals surface area contributed by atoms with Gasteiger partial charge in [-0.3, -0.25) is 4.79 Å². The first-order chi connectivity index (χ1) is 9.61. The number of anilines is 1. The highest BCUT2D eigenvalue weighted by atomic mass is 35.5. The Bertz CT molecular complexity index is 603. The first-order valence-electron chi connectivity index (χ1n) is 5.95. The Kier molecular flexibility index (Phi) is 4.22. The van der Waals surface area contributed by atoms with Crippen molar-refractivity contribution in [1.29, 1.82) is 0 Å². The third-order valence-electron chi connectivity index (χ3n) is 2.84. The molecule has 0 saturated carbocycles. The van der Waals surface area contributed by atoms with Crippen molar-refractivity contribution in [3.63, 3.8) is 0 Å². The van der Waals surface area contributed by atoms with Gasteiger partial charge >= 0.3 is 6.18 Å². The van der Waals surface area contributed by atoms with Gasteiger partial charge in [0.15, 0.2) is 0 Å². The number of rotatable bonds is 2. The SMILES string of the molecule is CC(C)C1=NN(c2c(Cl)cc(C(F)(F)F)cc2Cl)C(=O)[CH]1. The number of halogens is 5. The minimum absolute atomic E-state index is 0.00838. The molecule has 21 heavy (non-hydrogen) atoms. The summed E-state index contributed by atoms with van der Waals surface area (Å²) < 4.78 is 38.0. The molecule has 3 nitrogen and oxygen atoms in total. The van der Waals surface area contributed by atoms with Crippen LogP contribution >= 0.6 is 23.2 Å². The van der Waals surface area contributed by atoms with E-state index >= 15 is 0 Å². The zero-order chi connectivity index (χ0) is 15.9. The van der Waals surface area contributed by atoms with Crippen LogP contribution in [0.3, 0.4) is 0 Å². The van der Waals surface area contributed by atoms with Crippen LogP contribution in [0.4, 0.5) is 18.9 Å². The van der Waals surface area contributed by atoms with Gasteiger partial charge in [-0.15, -0.1) is 0 Å². The minimum atomic E-state index is -4.57. The highest BCUT2D eigenvalue weighted by Gasteiger charge is 2.35. The van der Waals surface area contributed by atoms with Crippen LogP contribution in [0.5, 0.6) is 0 Å². The second-order valence-corrected chi connectivity index (χ2v) is 5.57. The number of amides is 1. The van der Waals surface area contributed by atoms with E-state index in [-0.39, 0.29) is 21.7 Å². The third-order valence-corrected chi connectivity index (χ3v) is 3.42. The molecule has 0 fully saturated rings. The van der Waals surface area contributed by atoms with E-state index in [2.05, 4.69) is 5.10 Å². The summed E-state index contributed by atoms with van der Waals surface area (Å²) in [5.74, 6) is -0.506. The van der Waals surface area contributed by atoms with Gasteiger partial charge in [-0.2, -0.15) is 23.3 Å². The molecule has 8 heteroatoms. The minimum Gasteiger partial charge on any atom is -0.272 e. The predicted molar refractivity (Wildman–Crippen MR) is 75.5 cm³/mol. The molecule has 0 bridgehead atoms. The van der Waals surface area contributed by atoms with Crippen LogP contribution in [-0.2, 0) is 11.0 Å². The van der Waals surface area contributed by atoms with Gasteiger partial charge in [0.2, 0.25) is 0 Å². The van der Waals surface area contributed by atoms with E-state index in [0.29, 0.717) is 5.71 Å². The summed E-state index contributed by atoms with van der Waals surface area (Å²) in [6.07, 6.45) is -3.27. The molecule has 1 aliphatic heterocycles. The Hall–Kier alpha value is -1.27. The Labute approximate surface area is 129 Å². The van der Waals surface area contributed by atoms with Gasteiger partial charge in [0.1, 0.15) is 5.69 Å². The average Bonchev–Trinajstić information content (AvgIpc) is 2.69. The lowest BCUT2D eigenvalue weighted by molar-refractivity contribution is -0.137. The summed E-state index contributed by atoms with van der Waals surface area (Å²) in [6, 6.07) is 1.44. The first kappa shape index (κ1) is 16.1. The third kappa shape index (κ3) is 3.16. The van der Waals surface area contributed by atoms with E-state index in [1.54, 1.807) is 0 Å². The van der Waals surface area contributed by atoms with Crippen LogP contribution in [0, 0.1) is 12.3 Å². The number of alkyl halides is 3. The smallest absolute Gasteiger partial charge is 0.272 e. The van der Waals surface area contributed by atoms with E-state index in [9.17, 15) is 18.0 Å². The summed E-state index contributed by atoms with van der Waals surface area (Å²) in [4.78, 5) is 11.9. The molecule has 2 rings (SSSR count). The molecule has 0 N–H and O–H groups in total. The van der Waals surface area contributed by atoms with Crippen LogP contribution in [0.15, 0.2) is 17.2 Å². The molecule has 1 aliphatic rings. The predicted octanol–water partition coefficient (Wildman–Crippen LogP) is 4.58. The van der Waals surface area contributed by atoms with E-state index in [0.717, 1.165) is 17.1 Å². The van der Waals surface area contributed by atoms with Crippen molar-refractivity contribution in [3.05, 3.63) is 34.2 Å². The lowest BCUT2D eigenvalue weighted by Gasteiger charge is -2.17. The van der Waals surface area contributed by atoms with Gasteiger partial charge < -0.3 is 0 Å². The van der Waals surface area contributed by atoms with Crippen LogP contribution in [-0.4, -0.2) is 11.6 Å². The topological polar surface area (TPSA) is 32.7 Å². The fraction of sp³-hybridized carbons (Fsp3) is 0.308. The molecule has 0 aliphatic carbocycles. The fourth-order valence-electron chi connectivity index (χ4n) is 1.76. The largest absolute Gasteiger partial charge is 0.416 e. The van der Waals surface area contributed by atoms with Crippen LogP contribution in [0.25, 0.3) is 0 Å². The monoisotopic (exact) mass is 337 g/mol. The van der Waals surface area contributed by atoms with E-state index in [1.165, 1.54) is 6.42 Å². The van der Waals surface area contributed by atoms with Crippen molar-refractivity contribution in [2.75, 3.05) is 5.01 Å². The van der Waals surface area contributed by atoms with E-state index in [4.69, 9.17) is 23.2 Å². The van der Waals surface area contributed by atoms with Gasteiger partial charge in [0.25, 0.3) is 5.91 Å². The average molecular weight is 338 g/mol. The molecule has 113 valence electrons. The zero-order valence-corrected chi connectivity index (χ0v) is 12.5. The molecule has 1 amide bonds. The zero-order valence-electron chi connectivity index (χ0n) is 11.0. The normalized spacial score (nSPS) is 15.9. The summed E-state index contributed by atoms with van der Waals surface area (Å²) in [6.45, 7) is 3.67. The van der Waals surface area contributed by atoms with Gasteiger partial charge in [-0.1, -0.05) is 37.0 Å². The second kappa shape index (κ2) is 5.50. The Morgan fingerprint density at radius 3 is 2.10 bits per heavy atom. The van der Waals surface area contributed by atoms with Gasteiger partial charge in [-0.25, -0.2) is 0 Å².